The number of amides is 1. The van der Waals surface area contributed by atoms with E-state index in [0.29, 0.717) is 5.69 Å². The predicted molar refractivity (Wildman–Crippen MR) is 56.7 cm³/mol. The van der Waals surface area contributed by atoms with Crippen molar-refractivity contribution in [2.45, 2.75) is 11.8 Å². The number of nitrogens with zero attached hydrogens (tertiary/aromatic N) is 1. The van der Waals surface area contributed by atoms with Crippen LogP contribution in [0.15, 0.2) is 29.2 Å². The molecule has 0 aromatic heterocycles. The average Bonchev–Trinajstić information content (AvgIpc) is 2.17. The molecular formula is C9H9N3O3S. The molecule has 1 aromatic rings. The first-order valence-corrected chi connectivity index (χ1v) is 5.72. The van der Waals surface area contributed by atoms with Gasteiger partial charge in [0.15, 0.2) is 6.19 Å². The number of benzene rings is 1. The van der Waals surface area contributed by atoms with Gasteiger partial charge in [0.05, 0.1) is 4.90 Å². The van der Waals surface area contributed by atoms with Crippen LogP contribution in [0.25, 0.3) is 0 Å². The lowest BCUT2D eigenvalue weighted by atomic mass is 10.3. The molecule has 0 aliphatic heterocycles. The van der Waals surface area contributed by atoms with Gasteiger partial charge >= 0.3 is 0 Å². The molecule has 0 saturated carbocycles. The molecule has 6 nitrogen and oxygen atoms in total. The van der Waals surface area contributed by atoms with Crippen LogP contribution in [0.5, 0.6) is 0 Å². The predicted octanol–water partition coefficient (Wildman–Crippen LogP) is 0.404. The molecule has 0 radical (unpaired) electrons. The van der Waals surface area contributed by atoms with Crippen LogP contribution in [0, 0.1) is 11.5 Å². The second-order valence-corrected chi connectivity index (χ2v) is 4.61. The summed E-state index contributed by atoms with van der Waals surface area (Å²) in [6.45, 7) is 1.35. The Morgan fingerprint density at radius 1 is 1.31 bits per heavy atom. The van der Waals surface area contributed by atoms with Crippen LogP contribution in [0.1, 0.15) is 6.92 Å². The number of carbonyl (C=O) groups excluding carboxylic acids is 1. The van der Waals surface area contributed by atoms with Crippen molar-refractivity contribution < 1.29 is 13.2 Å². The molecule has 1 rings (SSSR count). The minimum Gasteiger partial charge on any atom is -0.326 e. The summed E-state index contributed by atoms with van der Waals surface area (Å²) in [5.74, 6) is -0.245. The van der Waals surface area contributed by atoms with Gasteiger partial charge in [-0.2, -0.15) is 5.26 Å². The van der Waals surface area contributed by atoms with Crippen molar-refractivity contribution >= 4 is 21.6 Å². The van der Waals surface area contributed by atoms with E-state index in [-0.39, 0.29) is 10.8 Å². The Morgan fingerprint density at radius 2 is 1.88 bits per heavy atom. The van der Waals surface area contributed by atoms with Crippen molar-refractivity contribution in [3.05, 3.63) is 24.3 Å². The summed E-state index contributed by atoms with van der Waals surface area (Å²) in [6.07, 6.45) is 1.35. The van der Waals surface area contributed by atoms with Crippen molar-refractivity contribution in [3.8, 4) is 6.19 Å². The van der Waals surface area contributed by atoms with Crippen LogP contribution in [0.4, 0.5) is 5.69 Å². The fraction of sp³-hybridized carbons (Fsp3) is 0.111. The highest BCUT2D eigenvalue weighted by molar-refractivity contribution is 7.89. The van der Waals surface area contributed by atoms with Gasteiger partial charge in [0.25, 0.3) is 10.0 Å². The Bertz CT molecular complexity index is 528. The van der Waals surface area contributed by atoms with E-state index in [9.17, 15) is 13.2 Å². The maximum absolute atomic E-state index is 11.3. The van der Waals surface area contributed by atoms with Crippen LogP contribution < -0.4 is 10.0 Å². The monoisotopic (exact) mass is 239 g/mol. The molecule has 0 atom stereocenters. The normalized spacial score (nSPS) is 10.2. The van der Waals surface area contributed by atoms with E-state index >= 15 is 0 Å². The van der Waals surface area contributed by atoms with Crippen LogP contribution in [-0.4, -0.2) is 14.3 Å². The van der Waals surface area contributed by atoms with Gasteiger partial charge in [0, 0.05) is 12.6 Å². The van der Waals surface area contributed by atoms with Gasteiger partial charge in [0.1, 0.15) is 0 Å². The van der Waals surface area contributed by atoms with Crippen molar-refractivity contribution in [1.29, 1.82) is 5.26 Å². The Morgan fingerprint density at radius 3 is 2.31 bits per heavy atom. The third kappa shape index (κ3) is 2.96. The van der Waals surface area contributed by atoms with E-state index in [4.69, 9.17) is 5.26 Å². The smallest absolute Gasteiger partial charge is 0.270 e. The standard InChI is InChI=1S/C9H9N3O3S/c1-7(13)12-8-2-4-9(5-3-8)16(14,15)11-6-10/h2-5,11H,1H3,(H,12,13). The Hall–Kier alpha value is -2.07. The molecule has 2 N–H and O–H groups in total. The first kappa shape index (κ1) is 12.0. The molecule has 0 spiro atoms. The minimum absolute atomic E-state index is 0.0387. The highest BCUT2D eigenvalue weighted by Crippen LogP contribution is 2.13. The molecule has 1 aromatic carbocycles. The lowest BCUT2D eigenvalue weighted by Crippen LogP contribution is -2.18. The van der Waals surface area contributed by atoms with E-state index in [1.165, 1.54) is 37.4 Å². The summed E-state index contributed by atoms with van der Waals surface area (Å²) in [5.41, 5.74) is 0.489. The number of rotatable bonds is 3. The molecule has 1 amide bonds. The largest absolute Gasteiger partial charge is 0.326 e. The van der Waals surface area contributed by atoms with Gasteiger partial charge < -0.3 is 5.32 Å². The number of carbonyl (C=O) groups is 1. The van der Waals surface area contributed by atoms with Crippen molar-refractivity contribution in [3.63, 3.8) is 0 Å². The molecule has 0 heterocycles. The number of hydrogen-bond donors (Lipinski definition) is 2. The molecule has 0 aliphatic carbocycles. The SMILES string of the molecule is CC(=O)Nc1ccc(S(=O)(=O)NC#N)cc1. The second-order valence-electron chi connectivity index (χ2n) is 2.92. The third-order valence-electron chi connectivity index (χ3n) is 1.66. The van der Waals surface area contributed by atoms with Gasteiger partial charge in [-0.05, 0) is 24.3 Å². The summed E-state index contributed by atoms with van der Waals surface area (Å²) < 4.78 is 24.4. The molecule has 0 unspecified atom stereocenters. The summed E-state index contributed by atoms with van der Waals surface area (Å²) in [6, 6.07) is 5.47. The lowest BCUT2D eigenvalue weighted by molar-refractivity contribution is -0.114. The Labute approximate surface area is 92.9 Å². The summed E-state index contributed by atoms with van der Waals surface area (Å²) >= 11 is 0. The van der Waals surface area contributed by atoms with Crippen LogP contribution >= 0.6 is 0 Å². The minimum atomic E-state index is -3.78. The second kappa shape index (κ2) is 4.63. The Kier molecular flexibility index (Phi) is 3.48. The maximum atomic E-state index is 11.3. The average molecular weight is 239 g/mol. The van der Waals surface area contributed by atoms with Gasteiger partial charge in [-0.1, -0.05) is 0 Å². The number of nitriles is 1. The van der Waals surface area contributed by atoms with E-state index < -0.39 is 10.0 Å². The highest BCUT2D eigenvalue weighted by Gasteiger charge is 2.12. The number of hydrogen-bond acceptors (Lipinski definition) is 4. The zero-order chi connectivity index (χ0) is 12.2. The van der Waals surface area contributed by atoms with E-state index in [2.05, 4.69) is 5.32 Å². The topological polar surface area (TPSA) is 99.1 Å². The zero-order valence-corrected chi connectivity index (χ0v) is 9.21. The number of nitrogens with one attached hydrogen (secondary N) is 2. The Balaban J connectivity index is 2.96. The molecule has 0 fully saturated rings. The van der Waals surface area contributed by atoms with E-state index in [0.717, 1.165) is 0 Å². The summed E-state index contributed by atoms with van der Waals surface area (Å²) in [5, 5.41) is 10.7. The van der Waals surface area contributed by atoms with Gasteiger partial charge in [-0.15, -0.1) is 0 Å². The quantitative estimate of drug-likeness (QED) is 0.589. The zero-order valence-electron chi connectivity index (χ0n) is 8.39. The summed E-state index contributed by atoms with van der Waals surface area (Å²) in [4.78, 5) is 10.7. The van der Waals surface area contributed by atoms with E-state index in [1.807, 2.05) is 0 Å². The fourth-order valence-corrected chi connectivity index (χ4v) is 1.77. The fourth-order valence-electron chi connectivity index (χ4n) is 1.04. The van der Waals surface area contributed by atoms with Crippen molar-refractivity contribution in [2.24, 2.45) is 0 Å². The van der Waals surface area contributed by atoms with E-state index in [1.54, 1.807) is 4.72 Å². The maximum Gasteiger partial charge on any atom is 0.270 e. The molecule has 7 heteroatoms. The van der Waals surface area contributed by atoms with Crippen LogP contribution in [0.2, 0.25) is 0 Å². The molecule has 16 heavy (non-hydrogen) atoms. The summed E-state index contributed by atoms with van der Waals surface area (Å²) in [7, 11) is -3.78. The molecule has 0 aliphatic rings. The molecule has 84 valence electrons. The lowest BCUT2D eigenvalue weighted by Gasteiger charge is -2.04. The third-order valence-corrected chi connectivity index (χ3v) is 2.92. The highest BCUT2D eigenvalue weighted by atomic mass is 32.2. The number of anilines is 1. The molecule has 0 bridgehead atoms. The van der Waals surface area contributed by atoms with Crippen molar-refractivity contribution in [2.75, 3.05) is 5.32 Å². The molecular weight excluding hydrogens is 230 g/mol. The van der Waals surface area contributed by atoms with Gasteiger partial charge in [-0.25, -0.2) is 13.1 Å². The first-order valence-electron chi connectivity index (χ1n) is 4.24. The number of sulfonamides is 1. The van der Waals surface area contributed by atoms with Gasteiger partial charge in [0.2, 0.25) is 5.91 Å². The van der Waals surface area contributed by atoms with Gasteiger partial charge in [-0.3, -0.25) is 4.79 Å². The van der Waals surface area contributed by atoms with Crippen molar-refractivity contribution in [1.82, 2.24) is 4.72 Å². The molecule has 0 saturated heterocycles. The van der Waals surface area contributed by atoms with Crippen LogP contribution in [-0.2, 0) is 14.8 Å². The first-order chi connectivity index (χ1) is 7.45. The van der Waals surface area contributed by atoms with Crippen LogP contribution in [0.3, 0.4) is 0 Å².